The Labute approximate surface area is 192 Å². The Morgan fingerprint density at radius 2 is 1.68 bits per heavy atom. The topological polar surface area (TPSA) is 79.3 Å². The maximum atomic E-state index is 13.6. The average Bonchev–Trinajstić information content (AvgIpc) is 3.14. The maximum Gasteiger partial charge on any atom is 0.410 e. The molecule has 1 aromatic rings. The van der Waals surface area contributed by atoms with Gasteiger partial charge in [0.05, 0.1) is 23.1 Å². The molecule has 1 saturated carbocycles. The molecule has 1 heterocycles. The van der Waals surface area contributed by atoms with E-state index < -0.39 is 17.1 Å². The van der Waals surface area contributed by atoms with Crippen molar-refractivity contribution in [1.29, 1.82) is 0 Å². The van der Waals surface area contributed by atoms with E-state index in [0.29, 0.717) is 44.8 Å². The predicted molar refractivity (Wildman–Crippen MR) is 121 cm³/mol. The third-order valence-electron chi connectivity index (χ3n) is 6.01. The molecule has 1 aliphatic carbocycles. The van der Waals surface area contributed by atoms with E-state index in [2.05, 4.69) is 15.9 Å². The zero-order chi connectivity index (χ0) is 22.8. The van der Waals surface area contributed by atoms with Gasteiger partial charge >= 0.3 is 6.09 Å². The lowest BCUT2D eigenvalue weighted by Crippen LogP contribution is -2.54. The number of rotatable bonds is 4. The lowest BCUT2D eigenvalue weighted by Gasteiger charge is -2.40. The standard InChI is InChI=1S/C23H33BrN2O5/c1-22(2,3)31-21(28)26-13-11-25(12-14-26)20(27)19(23(29)9-5-6-10-23)16-7-8-18(30-4)17(24)15-16/h7-8,15,19,29H,5-6,9-14H2,1-4H3. The fraction of sp³-hybridized carbons (Fsp3) is 0.652. The first kappa shape index (κ1) is 23.9. The van der Waals surface area contributed by atoms with Gasteiger partial charge < -0.3 is 24.4 Å². The van der Waals surface area contributed by atoms with Crippen LogP contribution in [0.3, 0.4) is 0 Å². The van der Waals surface area contributed by atoms with E-state index in [4.69, 9.17) is 9.47 Å². The second-order valence-corrected chi connectivity index (χ2v) is 10.3. The lowest BCUT2D eigenvalue weighted by molar-refractivity contribution is -0.141. The summed E-state index contributed by atoms with van der Waals surface area (Å²) in [7, 11) is 1.59. The number of aliphatic hydroxyl groups is 1. The fourth-order valence-corrected chi connectivity index (χ4v) is 5.00. The van der Waals surface area contributed by atoms with Crippen LogP contribution in [0.4, 0.5) is 4.79 Å². The molecule has 7 nitrogen and oxygen atoms in total. The number of ether oxygens (including phenoxy) is 2. The predicted octanol–water partition coefficient (Wildman–Crippen LogP) is 3.93. The zero-order valence-electron chi connectivity index (χ0n) is 18.8. The second-order valence-electron chi connectivity index (χ2n) is 9.43. The molecular formula is C23H33BrN2O5. The van der Waals surface area contributed by atoms with Gasteiger partial charge in [-0.15, -0.1) is 0 Å². The van der Waals surface area contributed by atoms with Crippen LogP contribution in [-0.4, -0.2) is 71.4 Å². The number of piperazine rings is 1. The van der Waals surface area contributed by atoms with Gasteiger partial charge in [-0.1, -0.05) is 18.9 Å². The molecule has 1 aliphatic heterocycles. The fourth-order valence-electron chi connectivity index (χ4n) is 4.44. The average molecular weight is 497 g/mol. The van der Waals surface area contributed by atoms with Crippen LogP contribution >= 0.6 is 15.9 Å². The molecule has 0 radical (unpaired) electrons. The van der Waals surface area contributed by atoms with Crippen LogP contribution in [0.2, 0.25) is 0 Å². The quantitative estimate of drug-likeness (QED) is 0.682. The summed E-state index contributed by atoms with van der Waals surface area (Å²) in [6, 6.07) is 5.55. The summed E-state index contributed by atoms with van der Waals surface area (Å²) in [5.74, 6) is -0.0603. The highest BCUT2D eigenvalue weighted by atomic mass is 79.9. The Kier molecular flexibility index (Phi) is 7.21. The van der Waals surface area contributed by atoms with Gasteiger partial charge in [-0.2, -0.15) is 0 Å². The smallest absolute Gasteiger partial charge is 0.410 e. The molecule has 0 spiro atoms. The van der Waals surface area contributed by atoms with E-state index in [0.717, 1.165) is 22.9 Å². The molecule has 2 amide bonds. The number of hydrogen-bond acceptors (Lipinski definition) is 5. The van der Waals surface area contributed by atoms with E-state index in [1.54, 1.807) is 16.9 Å². The van der Waals surface area contributed by atoms with Crippen molar-refractivity contribution in [3.63, 3.8) is 0 Å². The molecule has 2 fully saturated rings. The van der Waals surface area contributed by atoms with Crippen molar-refractivity contribution in [2.24, 2.45) is 0 Å². The van der Waals surface area contributed by atoms with Crippen molar-refractivity contribution >= 4 is 27.9 Å². The van der Waals surface area contributed by atoms with E-state index in [1.165, 1.54) is 0 Å². The number of methoxy groups -OCH3 is 1. The molecule has 3 rings (SSSR count). The Bertz CT molecular complexity index is 809. The molecule has 1 N–H and O–H groups in total. The van der Waals surface area contributed by atoms with Crippen molar-refractivity contribution in [2.45, 2.75) is 63.6 Å². The minimum atomic E-state index is -1.06. The highest BCUT2D eigenvalue weighted by Gasteiger charge is 2.46. The number of halogens is 1. The van der Waals surface area contributed by atoms with Gasteiger partial charge in [0, 0.05) is 26.2 Å². The van der Waals surface area contributed by atoms with Gasteiger partial charge in [-0.3, -0.25) is 4.79 Å². The summed E-state index contributed by atoms with van der Waals surface area (Å²) in [5, 5.41) is 11.4. The monoisotopic (exact) mass is 496 g/mol. The summed E-state index contributed by atoms with van der Waals surface area (Å²) in [6.45, 7) is 7.18. The Morgan fingerprint density at radius 3 is 2.19 bits per heavy atom. The zero-order valence-corrected chi connectivity index (χ0v) is 20.4. The number of hydrogen-bond donors (Lipinski definition) is 1. The molecule has 1 saturated heterocycles. The Hall–Kier alpha value is -1.80. The van der Waals surface area contributed by atoms with Crippen LogP contribution in [-0.2, 0) is 9.53 Å². The molecule has 0 aromatic heterocycles. The summed E-state index contributed by atoms with van der Waals surface area (Å²) in [6.07, 6.45) is 2.66. The minimum absolute atomic E-state index is 0.0923. The number of nitrogens with zero attached hydrogens (tertiary/aromatic N) is 2. The second kappa shape index (κ2) is 9.36. The molecule has 31 heavy (non-hydrogen) atoms. The largest absolute Gasteiger partial charge is 0.496 e. The third-order valence-corrected chi connectivity index (χ3v) is 6.63. The van der Waals surface area contributed by atoms with Crippen molar-refractivity contribution in [2.75, 3.05) is 33.3 Å². The number of carbonyl (C=O) groups excluding carboxylic acids is 2. The first-order chi connectivity index (χ1) is 14.5. The summed E-state index contributed by atoms with van der Waals surface area (Å²) >= 11 is 3.51. The summed E-state index contributed by atoms with van der Waals surface area (Å²) < 4.78 is 11.5. The van der Waals surface area contributed by atoms with Crippen molar-refractivity contribution in [3.05, 3.63) is 28.2 Å². The molecule has 172 valence electrons. The van der Waals surface area contributed by atoms with E-state index >= 15 is 0 Å². The van der Waals surface area contributed by atoms with Crippen LogP contribution in [0.25, 0.3) is 0 Å². The van der Waals surface area contributed by atoms with E-state index in [-0.39, 0.29) is 12.0 Å². The van der Waals surface area contributed by atoms with Gasteiger partial charge in [-0.25, -0.2) is 4.79 Å². The number of benzene rings is 1. The van der Waals surface area contributed by atoms with Gasteiger partial charge in [0.1, 0.15) is 11.4 Å². The van der Waals surface area contributed by atoms with Crippen LogP contribution in [0.5, 0.6) is 5.75 Å². The van der Waals surface area contributed by atoms with Gasteiger partial charge in [0.2, 0.25) is 5.91 Å². The first-order valence-electron chi connectivity index (χ1n) is 10.9. The molecule has 8 heteroatoms. The van der Waals surface area contributed by atoms with Crippen molar-refractivity contribution in [3.8, 4) is 5.75 Å². The lowest BCUT2D eigenvalue weighted by atomic mass is 9.79. The molecule has 1 aromatic carbocycles. The molecule has 1 unspecified atom stereocenters. The SMILES string of the molecule is COc1ccc(C(C(=O)N2CCN(C(=O)OC(C)(C)C)CC2)C2(O)CCCC2)cc1Br. The van der Waals surface area contributed by atoms with Gasteiger partial charge in [-0.05, 0) is 67.2 Å². The Morgan fingerprint density at radius 1 is 1.10 bits per heavy atom. The molecule has 0 bridgehead atoms. The van der Waals surface area contributed by atoms with E-state index in [1.807, 2.05) is 39.0 Å². The number of amides is 2. The van der Waals surface area contributed by atoms with Gasteiger partial charge in [0.25, 0.3) is 0 Å². The van der Waals surface area contributed by atoms with Crippen LogP contribution < -0.4 is 4.74 Å². The van der Waals surface area contributed by atoms with Crippen LogP contribution in [0.1, 0.15) is 57.9 Å². The van der Waals surface area contributed by atoms with E-state index in [9.17, 15) is 14.7 Å². The van der Waals surface area contributed by atoms with Crippen LogP contribution in [0, 0.1) is 0 Å². The van der Waals surface area contributed by atoms with Crippen LogP contribution in [0.15, 0.2) is 22.7 Å². The molecular weight excluding hydrogens is 464 g/mol. The number of carbonyl (C=O) groups is 2. The minimum Gasteiger partial charge on any atom is -0.496 e. The normalized spacial score (nSPS) is 19.8. The van der Waals surface area contributed by atoms with Crippen molar-refractivity contribution < 1.29 is 24.2 Å². The maximum absolute atomic E-state index is 13.6. The first-order valence-corrected chi connectivity index (χ1v) is 11.7. The van der Waals surface area contributed by atoms with Gasteiger partial charge in [0.15, 0.2) is 0 Å². The third kappa shape index (κ3) is 5.52. The molecule has 2 aliphatic rings. The van der Waals surface area contributed by atoms with Crippen molar-refractivity contribution in [1.82, 2.24) is 9.80 Å². The Balaban J connectivity index is 1.77. The molecule has 1 atom stereocenters. The summed E-state index contributed by atoms with van der Waals surface area (Å²) in [5.41, 5.74) is -0.840. The summed E-state index contributed by atoms with van der Waals surface area (Å²) in [4.78, 5) is 29.4. The highest BCUT2D eigenvalue weighted by Crippen LogP contribution is 2.43. The highest BCUT2D eigenvalue weighted by molar-refractivity contribution is 9.10.